The van der Waals surface area contributed by atoms with Gasteiger partial charge in [0.05, 0.1) is 5.69 Å². The minimum atomic E-state index is 0.562. The highest BCUT2D eigenvalue weighted by Gasteiger charge is 2.02. The van der Waals surface area contributed by atoms with Crippen LogP contribution in [-0.4, -0.2) is 4.98 Å². The molecule has 0 aromatic carbocycles. The summed E-state index contributed by atoms with van der Waals surface area (Å²) in [4.78, 5) is 4.57. The van der Waals surface area contributed by atoms with Gasteiger partial charge in [-0.2, -0.15) is 0 Å². The zero-order chi connectivity index (χ0) is 10.4. The molecule has 0 saturated heterocycles. The third-order valence-corrected chi connectivity index (χ3v) is 2.34. The molecule has 0 aliphatic carbocycles. The van der Waals surface area contributed by atoms with Gasteiger partial charge in [0.2, 0.25) is 0 Å². The molecule has 1 aromatic rings. The fourth-order valence-electron chi connectivity index (χ4n) is 1.64. The Bertz CT molecular complexity index is 282. The molecule has 14 heavy (non-hydrogen) atoms. The highest BCUT2D eigenvalue weighted by Crippen LogP contribution is 2.11. The van der Waals surface area contributed by atoms with E-state index in [-0.39, 0.29) is 0 Å². The smallest absolute Gasteiger partial charge is 0.0574 e. The SMILES string of the molecule is CCCc1ccc(CCC)c(CN)n1. The maximum absolute atomic E-state index is 5.68. The van der Waals surface area contributed by atoms with Gasteiger partial charge in [-0.25, -0.2) is 0 Å². The van der Waals surface area contributed by atoms with Gasteiger partial charge in [0.15, 0.2) is 0 Å². The summed E-state index contributed by atoms with van der Waals surface area (Å²) < 4.78 is 0. The van der Waals surface area contributed by atoms with Crippen molar-refractivity contribution in [2.75, 3.05) is 0 Å². The first-order valence-electron chi connectivity index (χ1n) is 5.49. The van der Waals surface area contributed by atoms with Crippen LogP contribution in [0.1, 0.15) is 43.6 Å². The van der Waals surface area contributed by atoms with E-state index < -0.39 is 0 Å². The molecule has 0 spiro atoms. The lowest BCUT2D eigenvalue weighted by atomic mass is 10.1. The van der Waals surface area contributed by atoms with E-state index in [1.54, 1.807) is 0 Å². The van der Waals surface area contributed by atoms with E-state index in [2.05, 4.69) is 31.0 Å². The van der Waals surface area contributed by atoms with Crippen molar-refractivity contribution in [1.82, 2.24) is 4.98 Å². The lowest BCUT2D eigenvalue weighted by Gasteiger charge is -2.07. The molecule has 0 radical (unpaired) electrons. The van der Waals surface area contributed by atoms with Gasteiger partial charge in [0.25, 0.3) is 0 Å². The number of rotatable bonds is 5. The summed E-state index contributed by atoms with van der Waals surface area (Å²) in [6.45, 7) is 4.91. The molecule has 0 fully saturated rings. The molecule has 0 bridgehead atoms. The molecule has 2 nitrogen and oxygen atoms in total. The molecule has 2 heteroatoms. The Morgan fingerprint density at radius 3 is 2.43 bits per heavy atom. The third kappa shape index (κ3) is 2.81. The van der Waals surface area contributed by atoms with Gasteiger partial charge in [-0.05, 0) is 24.5 Å². The van der Waals surface area contributed by atoms with Crippen LogP contribution in [0.3, 0.4) is 0 Å². The zero-order valence-electron chi connectivity index (χ0n) is 9.21. The van der Waals surface area contributed by atoms with Gasteiger partial charge in [-0.1, -0.05) is 32.8 Å². The number of nitrogens with two attached hydrogens (primary N) is 1. The van der Waals surface area contributed by atoms with E-state index in [1.807, 2.05) is 0 Å². The normalized spacial score (nSPS) is 10.5. The molecule has 78 valence electrons. The van der Waals surface area contributed by atoms with Crippen LogP contribution in [-0.2, 0) is 19.4 Å². The largest absolute Gasteiger partial charge is 0.325 e. The van der Waals surface area contributed by atoms with Gasteiger partial charge < -0.3 is 5.73 Å². The molecule has 1 heterocycles. The van der Waals surface area contributed by atoms with Crippen LogP contribution in [0.4, 0.5) is 0 Å². The molecular formula is C12H20N2. The monoisotopic (exact) mass is 192 g/mol. The van der Waals surface area contributed by atoms with Gasteiger partial charge >= 0.3 is 0 Å². The van der Waals surface area contributed by atoms with Crippen molar-refractivity contribution in [1.29, 1.82) is 0 Å². The van der Waals surface area contributed by atoms with Crippen LogP contribution in [0.2, 0.25) is 0 Å². The third-order valence-electron chi connectivity index (χ3n) is 2.34. The van der Waals surface area contributed by atoms with Crippen LogP contribution in [0.15, 0.2) is 12.1 Å². The maximum atomic E-state index is 5.68. The van der Waals surface area contributed by atoms with Crippen molar-refractivity contribution in [3.8, 4) is 0 Å². The second kappa shape index (κ2) is 5.76. The number of pyridine rings is 1. The zero-order valence-corrected chi connectivity index (χ0v) is 9.21. The van der Waals surface area contributed by atoms with E-state index in [0.29, 0.717) is 6.54 Å². The fourth-order valence-corrected chi connectivity index (χ4v) is 1.64. The van der Waals surface area contributed by atoms with Crippen LogP contribution < -0.4 is 5.73 Å². The van der Waals surface area contributed by atoms with E-state index in [9.17, 15) is 0 Å². The van der Waals surface area contributed by atoms with Crippen LogP contribution >= 0.6 is 0 Å². The lowest BCUT2D eigenvalue weighted by molar-refractivity contribution is 0.822. The quantitative estimate of drug-likeness (QED) is 0.778. The van der Waals surface area contributed by atoms with E-state index in [4.69, 9.17) is 5.73 Å². The Labute approximate surface area is 86.5 Å². The van der Waals surface area contributed by atoms with Crippen molar-refractivity contribution in [2.45, 2.75) is 46.1 Å². The Hall–Kier alpha value is -0.890. The highest BCUT2D eigenvalue weighted by molar-refractivity contribution is 5.23. The molecule has 0 atom stereocenters. The van der Waals surface area contributed by atoms with E-state index >= 15 is 0 Å². The minimum absolute atomic E-state index is 0.562. The summed E-state index contributed by atoms with van der Waals surface area (Å²) in [5, 5.41) is 0. The summed E-state index contributed by atoms with van der Waals surface area (Å²) in [5.41, 5.74) is 9.25. The standard InChI is InChI=1S/C12H20N2/c1-3-5-10-7-8-11(6-4-2)14-12(10)9-13/h7-8H,3-6,9,13H2,1-2H3. The molecule has 0 saturated carbocycles. The highest BCUT2D eigenvalue weighted by atomic mass is 14.7. The Morgan fingerprint density at radius 2 is 1.86 bits per heavy atom. The van der Waals surface area contributed by atoms with Crippen molar-refractivity contribution >= 4 is 0 Å². The Kier molecular flexibility index (Phi) is 4.60. The summed E-state index contributed by atoms with van der Waals surface area (Å²) in [6.07, 6.45) is 4.44. The topological polar surface area (TPSA) is 38.9 Å². The predicted octanol–water partition coefficient (Wildman–Crippen LogP) is 2.45. The molecule has 0 aliphatic heterocycles. The average molecular weight is 192 g/mol. The minimum Gasteiger partial charge on any atom is -0.325 e. The van der Waals surface area contributed by atoms with Crippen molar-refractivity contribution in [3.63, 3.8) is 0 Å². The number of aromatic nitrogens is 1. The lowest BCUT2D eigenvalue weighted by Crippen LogP contribution is -2.06. The molecule has 0 aliphatic rings. The summed E-state index contributed by atoms with van der Waals surface area (Å²) in [7, 11) is 0. The van der Waals surface area contributed by atoms with E-state index in [0.717, 1.165) is 31.4 Å². The predicted molar refractivity (Wildman–Crippen MR) is 60.1 cm³/mol. The maximum Gasteiger partial charge on any atom is 0.0574 e. The Balaban J connectivity index is 2.87. The molecule has 2 N–H and O–H groups in total. The van der Waals surface area contributed by atoms with Gasteiger partial charge in [-0.3, -0.25) is 4.98 Å². The fraction of sp³-hybridized carbons (Fsp3) is 0.583. The van der Waals surface area contributed by atoms with Crippen molar-refractivity contribution in [3.05, 3.63) is 29.1 Å². The molecule has 1 rings (SSSR count). The number of hydrogen-bond acceptors (Lipinski definition) is 2. The molecular weight excluding hydrogens is 172 g/mol. The second-order valence-electron chi connectivity index (χ2n) is 3.61. The van der Waals surface area contributed by atoms with Gasteiger partial charge in [0, 0.05) is 12.2 Å². The first kappa shape index (κ1) is 11.2. The van der Waals surface area contributed by atoms with E-state index in [1.165, 1.54) is 11.3 Å². The van der Waals surface area contributed by atoms with Gasteiger partial charge in [-0.15, -0.1) is 0 Å². The van der Waals surface area contributed by atoms with Crippen LogP contribution in [0, 0.1) is 0 Å². The van der Waals surface area contributed by atoms with Crippen LogP contribution in [0.5, 0.6) is 0 Å². The first-order valence-corrected chi connectivity index (χ1v) is 5.49. The Morgan fingerprint density at radius 1 is 1.14 bits per heavy atom. The first-order chi connectivity index (χ1) is 6.81. The molecule has 0 unspecified atom stereocenters. The second-order valence-corrected chi connectivity index (χ2v) is 3.61. The average Bonchev–Trinajstić information content (AvgIpc) is 2.21. The number of aryl methyl sites for hydroxylation is 2. The van der Waals surface area contributed by atoms with Crippen LogP contribution in [0.25, 0.3) is 0 Å². The summed E-state index contributed by atoms with van der Waals surface area (Å²) >= 11 is 0. The summed E-state index contributed by atoms with van der Waals surface area (Å²) in [5.74, 6) is 0. The summed E-state index contributed by atoms with van der Waals surface area (Å²) in [6, 6.07) is 4.32. The van der Waals surface area contributed by atoms with Crippen molar-refractivity contribution < 1.29 is 0 Å². The molecule has 0 amide bonds. The number of nitrogens with zero attached hydrogens (tertiary/aromatic N) is 1. The number of hydrogen-bond donors (Lipinski definition) is 1. The molecule has 1 aromatic heterocycles. The van der Waals surface area contributed by atoms with Crippen molar-refractivity contribution in [2.24, 2.45) is 5.73 Å². The van der Waals surface area contributed by atoms with Gasteiger partial charge in [0.1, 0.15) is 0 Å².